The summed E-state index contributed by atoms with van der Waals surface area (Å²) in [4.78, 5) is 5.31. The van der Waals surface area contributed by atoms with Crippen molar-refractivity contribution < 1.29 is 4.74 Å². The molecule has 90 valence electrons. The second-order valence-corrected chi connectivity index (χ2v) is 4.82. The van der Waals surface area contributed by atoms with Crippen molar-refractivity contribution in [3.05, 3.63) is 46.4 Å². The summed E-state index contributed by atoms with van der Waals surface area (Å²) < 4.78 is 5.22. The molecule has 0 amide bonds. The van der Waals surface area contributed by atoms with E-state index in [1.165, 1.54) is 10.4 Å². The summed E-state index contributed by atoms with van der Waals surface area (Å²) in [5.41, 5.74) is 3.08. The van der Waals surface area contributed by atoms with Gasteiger partial charge in [-0.2, -0.15) is 0 Å². The highest BCUT2D eigenvalue weighted by molar-refractivity contribution is 7.09. The van der Waals surface area contributed by atoms with Crippen LogP contribution >= 0.6 is 11.3 Å². The van der Waals surface area contributed by atoms with Crippen molar-refractivity contribution in [3.63, 3.8) is 0 Å². The molecular weight excluding hydrogens is 232 g/mol. The number of nitrogens with one attached hydrogen (secondary N) is 1. The first-order chi connectivity index (χ1) is 8.29. The summed E-state index contributed by atoms with van der Waals surface area (Å²) in [6.45, 7) is 3.00. The molecule has 2 rings (SSSR count). The van der Waals surface area contributed by atoms with E-state index in [9.17, 15) is 0 Å². The maximum atomic E-state index is 5.22. The van der Waals surface area contributed by atoms with E-state index >= 15 is 0 Å². The molecule has 0 spiro atoms. The Morgan fingerprint density at radius 1 is 1.47 bits per heavy atom. The van der Waals surface area contributed by atoms with Gasteiger partial charge in [-0.05, 0) is 24.6 Å². The van der Waals surface area contributed by atoms with E-state index in [-0.39, 0.29) is 0 Å². The van der Waals surface area contributed by atoms with Gasteiger partial charge in [0.2, 0.25) is 0 Å². The Morgan fingerprint density at radius 3 is 3.06 bits per heavy atom. The Balaban J connectivity index is 1.96. The van der Waals surface area contributed by atoms with Gasteiger partial charge in [0.25, 0.3) is 0 Å². The Labute approximate surface area is 105 Å². The van der Waals surface area contributed by atoms with Crippen molar-refractivity contribution in [1.82, 2.24) is 10.3 Å². The molecule has 0 unspecified atom stereocenters. The molecule has 1 heterocycles. The topological polar surface area (TPSA) is 34.1 Å². The number of methoxy groups -OCH3 is 1. The lowest BCUT2D eigenvalue weighted by atomic mass is 10.1. The van der Waals surface area contributed by atoms with Crippen LogP contribution in [0.2, 0.25) is 0 Å². The molecule has 0 bridgehead atoms. The molecule has 0 saturated carbocycles. The van der Waals surface area contributed by atoms with E-state index in [2.05, 4.69) is 29.4 Å². The van der Waals surface area contributed by atoms with Gasteiger partial charge < -0.3 is 10.1 Å². The minimum Gasteiger partial charge on any atom is -0.497 e. The molecule has 3 nitrogen and oxygen atoms in total. The van der Waals surface area contributed by atoms with Crippen LogP contribution in [0.15, 0.2) is 36.0 Å². The molecule has 1 aromatic heterocycles. The van der Waals surface area contributed by atoms with Crippen molar-refractivity contribution in [2.75, 3.05) is 7.11 Å². The summed E-state index contributed by atoms with van der Waals surface area (Å²) >= 11 is 1.67. The van der Waals surface area contributed by atoms with E-state index in [0.29, 0.717) is 6.04 Å². The maximum Gasteiger partial charge on any atom is 0.119 e. The van der Waals surface area contributed by atoms with Gasteiger partial charge in [-0.1, -0.05) is 12.1 Å². The first-order valence-corrected chi connectivity index (χ1v) is 6.42. The highest BCUT2D eigenvalue weighted by atomic mass is 32.1. The Kier molecular flexibility index (Phi) is 4.12. The molecule has 17 heavy (non-hydrogen) atoms. The van der Waals surface area contributed by atoms with Gasteiger partial charge in [0.15, 0.2) is 0 Å². The summed E-state index contributed by atoms with van der Waals surface area (Å²) in [6.07, 6.45) is 1.90. The number of benzene rings is 1. The molecule has 1 atom stereocenters. The summed E-state index contributed by atoms with van der Waals surface area (Å²) in [5.74, 6) is 0.897. The lowest BCUT2D eigenvalue weighted by Gasteiger charge is -2.14. The first-order valence-electron chi connectivity index (χ1n) is 5.54. The number of rotatable bonds is 5. The van der Waals surface area contributed by atoms with Crippen LogP contribution in [0.1, 0.15) is 23.4 Å². The highest BCUT2D eigenvalue weighted by Gasteiger charge is 2.06. The van der Waals surface area contributed by atoms with Gasteiger partial charge >= 0.3 is 0 Å². The standard InChI is InChI=1S/C13H16N2OS/c1-10(15-8-13-7-14-9-17-13)11-4-3-5-12(6-11)16-2/h3-7,9-10,15H,8H2,1-2H3/t10-/m1/s1. The number of aromatic nitrogens is 1. The Bertz CT molecular complexity index is 456. The summed E-state index contributed by atoms with van der Waals surface area (Å²) in [5, 5.41) is 3.47. The zero-order valence-electron chi connectivity index (χ0n) is 10.0. The van der Waals surface area contributed by atoms with E-state index in [1.54, 1.807) is 18.4 Å². The minimum atomic E-state index is 0.298. The van der Waals surface area contributed by atoms with Crippen LogP contribution in [0.4, 0.5) is 0 Å². The zero-order chi connectivity index (χ0) is 12.1. The molecule has 0 radical (unpaired) electrons. The molecule has 1 aromatic carbocycles. The number of hydrogen-bond donors (Lipinski definition) is 1. The Hall–Kier alpha value is -1.39. The van der Waals surface area contributed by atoms with Crippen LogP contribution in [0.25, 0.3) is 0 Å². The van der Waals surface area contributed by atoms with E-state index in [1.807, 2.05) is 23.8 Å². The van der Waals surface area contributed by atoms with Crippen LogP contribution in [0.3, 0.4) is 0 Å². The minimum absolute atomic E-state index is 0.298. The van der Waals surface area contributed by atoms with Gasteiger partial charge in [-0.15, -0.1) is 11.3 Å². The average molecular weight is 248 g/mol. The van der Waals surface area contributed by atoms with E-state index in [0.717, 1.165) is 12.3 Å². The number of ether oxygens (including phenoxy) is 1. The Morgan fingerprint density at radius 2 is 2.35 bits per heavy atom. The van der Waals surface area contributed by atoms with Gasteiger partial charge in [-0.25, -0.2) is 0 Å². The third kappa shape index (κ3) is 3.28. The molecule has 0 aliphatic heterocycles. The predicted octanol–water partition coefficient (Wildman–Crippen LogP) is 3.00. The van der Waals surface area contributed by atoms with Crippen LogP contribution in [0, 0.1) is 0 Å². The molecular formula is C13H16N2OS. The van der Waals surface area contributed by atoms with Crippen LogP contribution in [-0.4, -0.2) is 12.1 Å². The van der Waals surface area contributed by atoms with Crippen LogP contribution < -0.4 is 10.1 Å². The van der Waals surface area contributed by atoms with Crippen molar-refractivity contribution in [2.45, 2.75) is 19.5 Å². The predicted molar refractivity (Wildman–Crippen MR) is 70.4 cm³/mol. The average Bonchev–Trinajstić information content (AvgIpc) is 2.89. The van der Waals surface area contributed by atoms with Crippen molar-refractivity contribution in [1.29, 1.82) is 0 Å². The van der Waals surface area contributed by atoms with E-state index in [4.69, 9.17) is 4.74 Å². The molecule has 0 aliphatic carbocycles. The maximum absolute atomic E-state index is 5.22. The second kappa shape index (κ2) is 5.80. The molecule has 0 saturated heterocycles. The van der Waals surface area contributed by atoms with Crippen LogP contribution in [-0.2, 0) is 6.54 Å². The summed E-state index contributed by atoms with van der Waals surface area (Å²) in [6, 6.07) is 8.43. The molecule has 2 aromatic rings. The smallest absolute Gasteiger partial charge is 0.119 e. The van der Waals surface area contributed by atoms with E-state index < -0.39 is 0 Å². The van der Waals surface area contributed by atoms with Gasteiger partial charge in [-0.3, -0.25) is 4.98 Å². The van der Waals surface area contributed by atoms with Gasteiger partial charge in [0.05, 0.1) is 12.6 Å². The highest BCUT2D eigenvalue weighted by Crippen LogP contribution is 2.19. The molecule has 0 fully saturated rings. The van der Waals surface area contributed by atoms with Crippen molar-refractivity contribution >= 4 is 11.3 Å². The zero-order valence-corrected chi connectivity index (χ0v) is 10.8. The molecule has 4 heteroatoms. The lowest BCUT2D eigenvalue weighted by molar-refractivity contribution is 0.413. The largest absolute Gasteiger partial charge is 0.497 e. The number of hydrogen-bond acceptors (Lipinski definition) is 4. The van der Waals surface area contributed by atoms with Gasteiger partial charge in [0.1, 0.15) is 5.75 Å². The molecule has 1 N–H and O–H groups in total. The molecule has 0 aliphatic rings. The normalized spacial score (nSPS) is 12.4. The summed E-state index contributed by atoms with van der Waals surface area (Å²) in [7, 11) is 1.69. The number of thiazole rings is 1. The van der Waals surface area contributed by atoms with Gasteiger partial charge in [0, 0.05) is 23.7 Å². The first kappa shape index (κ1) is 12.1. The SMILES string of the molecule is COc1cccc([C@@H](C)NCc2cncs2)c1. The monoisotopic (exact) mass is 248 g/mol. The fourth-order valence-corrected chi connectivity index (χ4v) is 2.16. The third-order valence-electron chi connectivity index (χ3n) is 2.66. The third-order valence-corrected chi connectivity index (χ3v) is 3.44. The van der Waals surface area contributed by atoms with Crippen molar-refractivity contribution in [2.24, 2.45) is 0 Å². The quantitative estimate of drug-likeness (QED) is 0.883. The fourth-order valence-electron chi connectivity index (χ4n) is 1.61. The van der Waals surface area contributed by atoms with Crippen molar-refractivity contribution in [3.8, 4) is 5.75 Å². The lowest BCUT2D eigenvalue weighted by Crippen LogP contribution is -2.17. The second-order valence-electron chi connectivity index (χ2n) is 3.85. The number of nitrogens with zero attached hydrogens (tertiary/aromatic N) is 1. The fraction of sp³-hybridized carbons (Fsp3) is 0.308. The van der Waals surface area contributed by atoms with Crippen LogP contribution in [0.5, 0.6) is 5.75 Å².